The van der Waals surface area contributed by atoms with Gasteiger partial charge in [0.2, 0.25) is 0 Å². The molecule has 20 heavy (non-hydrogen) atoms. The first-order valence-corrected chi connectivity index (χ1v) is 6.22. The molecule has 2 rings (SSSR count). The van der Waals surface area contributed by atoms with Crippen molar-refractivity contribution < 1.29 is 20.1 Å². The molecule has 1 aliphatic carbocycles. The van der Waals surface area contributed by atoms with Gasteiger partial charge in [0.25, 0.3) is 0 Å². The predicted molar refractivity (Wildman–Crippen MR) is 70.0 cm³/mol. The number of aliphatic hydroxyl groups is 2. The average Bonchev–Trinajstić information content (AvgIpc) is 3.26. The normalized spacial score (nSPS) is 18.7. The van der Waals surface area contributed by atoms with Crippen LogP contribution in [-0.2, 0) is 10.2 Å². The molecule has 0 heterocycles. The van der Waals surface area contributed by atoms with Crippen molar-refractivity contribution in [2.24, 2.45) is 5.11 Å². The Morgan fingerprint density at radius 1 is 1.35 bits per heavy atom. The maximum absolute atomic E-state index is 11.2. The van der Waals surface area contributed by atoms with Gasteiger partial charge in [0.1, 0.15) is 6.10 Å². The second-order valence-corrected chi connectivity index (χ2v) is 4.93. The van der Waals surface area contributed by atoms with Gasteiger partial charge in [-0.2, -0.15) is 0 Å². The Kier molecular flexibility index (Phi) is 3.94. The Morgan fingerprint density at radius 2 is 1.95 bits per heavy atom. The van der Waals surface area contributed by atoms with Crippen LogP contribution in [0, 0.1) is 0 Å². The van der Waals surface area contributed by atoms with E-state index in [9.17, 15) is 20.1 Å². The molecule has 0 bridgehead atoms. The highest BCUT2D eigenvalue weighted by molar-refractivity contribution is 5.84. The number of hydrogen-bond acceptors (Lipinski definition) is 4. The fraction of sp³-hybridized carbons (Fsp3) is 0.462. The number of benzene rings is 1. The molecule has 0 saturated heterocycles. The second-order valence-electron chi connectivity index (χ2n) is 4.93. The van der Waals surface area contributed by atoms with Crippen LogP contribution >= 0.6 is 0 Å². The van der Waals surface area contributed by atoms with Crippen LogP contribution in [0.5, 0.6) is 0 Å². The first-order chi connectivity index (χ1) is 9.51. The van der Waals surface area contributed by atoms with E-state index in [1.165, 1.54) is 0 Å². The number of hydrogen-bond donors (Lipinski definition) is 3. The summed E-state index contributed by atoms with van der Waals surface area (Å²) in [4.78, 5) is 13.7. The fourth-order valence-corrected chi connectivity index (χ4v) is 2.19. The molecule has 0 aromatic heterocycles. The highest BCUT2D eigenvalue weighted by Gasteiger charge is 2.51. The Balaban J connectivity index is 2.12. The number of nitrogens with zero attached hydrogens (tertiary/aromatic N) is 3. The average molecular weight is 277 g/mol. The third kappa shape index (κ3) is 2.60. The van der Waals surface area contributed by atoms with Crippen LogP contribution in [0.3, 0.4) is 0 Å². The second kappa shape index (κ2) is 5.50. The predicted octanol–water partition coefficient (Wildman–Crippen LogP) is 1.51. The number of aliphatic carboxylic acids is 1. The molecule has 1 aromatic rings. The van der Waals surface area contributed by atoms with E-state index in [-0.39, 0.29) is 6.54 Å². The quantitative estimate of drug-likeness (QED) is 0.413. The van der Waals surface area contributed by atoms with Gasteiger partial charge in [0, 0.05) is 4.91 Å². The maximum Gasteiger partial charge on any atom is 0.314 e. The minimum atomic E-state index is -1.19. The molecule has 0 radical (unpaired) electrons. The van der Waals surface area contributed by atoms with Gasteiger partial charge in [0.05, 0.1) is 18.1 Å². The molecule has 7 nitrogen and oxygen atoms in total. The number of carboxylic acid groups (broad SMARTS) is 1. The van der Waals surface area contributed by atoms with Crippen LogP contribution in [0.25, 0.3) is 10.4 Å². The van der Waals surface area contributed by atoms with Gasteiger partial charge in [-0.25, -0.2) is 0 Å². The molecule has 3 N–H and O–H groups in total. The summed E-state index contributed by atoms with van der Waals surface area (Å²) < 4.78 is 0. The lowest BCUT2D eigenvalue weighted by Crippen LogP contribution is -2.22. The van der Waals surface area contributed by atoms with E-state index >= 15 is 0 Å². The van der Waals surface area contributed by atoms with Crippen molar-refractivity contribution in [1.29, 1.82) is 0 Å². The van der Waals surface area contributed by atoms with Crippen LogP contribution < -0.4 is 0 Å². The number of carbonyl (C=O) groups is 1. The molecule has 1 aromatic carbocycles. The molecular weight excluding hydrogens is 262 g/mol. The molecule has 0 spiro atoms. The van der Waals surface area contributed by atoms with E-state index in [4.69, 9.17) is 5.53 Å². The summed E-state index contributed by atoms with van der Waals surface area (Å²) in [6.45, 7) is -0.224. The fourth-order valence-electron chi connectivity index (χ4n) is 2.19. The van der Waals surface area contributed by atoms with Crippen LogP contribution in [-0.4, -0.2) is 33.9 Å². The van der Waals surface area contributed by atoms with Gasteiger partial charge in [0.15, 0.2) is 0 Å². The third-order valence-corrected chi connectivity index (χ3v) is 3.66. The number of aliphatic hydroxyl groups excluding tert-OH is 2. The lowest BCUT2D eigenvalue weighted by atomic mass is 9.93. The molecule has 1 fully saturated rings. The minimum Gasteiger partial charge on any atom is -0.481 e. The molecule has 0 amide bonds. The van der Waals surface area contributed by atoms with Crippen LogP contribution in [0.15, 0.2) is 29.4 Å². The van der Waals surface area contributed by atoms with E-state index in [0.717, 1.165) is 0 Å². The summed E-state index contributed by atoms with van der Waals surface area (Å²) in [5.74, 6) is -0.839. The van der Waals surface area contributed by atoms with Gasteiger partial charge < -0.3 is 15.3 Å². The molecular formula is C13H15N3O4. The van der Waals surface area contributed by atoms with E-state index in [0.29, 0.717) is 24.0 Å². The highest BCUT2D eigenvalue weighted by Crippen LogP contribution is 2.48. The van der Waals surface area contributed by atoms with Crippen LogP contribution in [0.1, 0.15) is 30.1 Å². The van der Waals surface area contributed by atoms with Crippen molar-refractivity contribution in [2.75, 3.05) is 6.54 Å². The summed E-state index contributed by atoms with van der Waals surface area (Å²) in [5.41, 5.74) is 8.53. The summed E-state index contributed by atoms with van der Waals surface area (Å²) in [6.07, 6.45) is -1.13. The Morgan fingerprint density at radius 3 is 2.40 bits per heavy atom. The monoisotopic (exact) mass is 277 g/mol. The molecule has 1 saturated carbocycles. The standard InChI is InChI=1S/C13H15N3O4/c14-16-15-7-10(17)11(18)8-1-3-9(4-2-8)13(5-6-13)12(19)20/h1-4,10-11,17-18H,5-7H2,(H,19,20). The van der Waals surface area contributed by atoms with Gasteiger partial charge in [-0.05, 0) is 29.5 Å². The molecule has 1 aliphatic rings. The van der Waals surface area contributed by atoms with Gasteiger partial charge in [-0.3, -0.25) is 4.79 Å². The SMILES string of the molecule is [N-]=[N+]=NCC(O)C(O)c1ccc(C2(C(=O)O)CC2)cc1. The zero-order valence-electron chi connectivity index (χ0n) is 10.7. The highest BCUT2D eigenvalue weighted by atomic mass is 16.4. The summed E-state index contributed by atoms with van der Waals surface area (Å²) in [6, 6.07) is 6.48. The molecule has 2 unspecified atom stereocenters. The molecule has 2 atom stereocenters. The number of azide groups is 1. The lowest BCUT2D eigenvalue weighted by Gasteiger charge is -2.17. The van der Waals surface area contributed by atoms with Gasteiger partial charge in [-0.15, -0.1) is 0 Å². The Labute approximate surface area is 115 Å². The molecule has 7 heteroatoms. The number of carboxylic acids is 1. The van der Waals surface area contributed by atoms with Crippen molar-refractivity contribution in [3.8, 4) is 0 Å². The van der Waals surface area contributed by atoms with Crippen molar-refractivity contribution in [1.82, 2.24) is 0 Å². The zero-order chi connectivity index (χ0) is 14.8. The first kappa shape index (κ1) is 14.3. The zero-order valence-corrected chi connectivity index (χ0v) is 10.7. The van der Waals surface area contributed by atoms with Crippen molar-refractivity contribution in [3.63, 3.8) is 0 Å². The summed E-state index contributed by atoms with van der Waals surface area (Å²) in [7, 11) is 0. The topological polar surface area (TPSA) is 127 Å². The summed E-state index contributed by atoms with van der Waals surface area (Å²) in [5, 5.41) is 31.9. The van der Waals surface area contributed by atoms with Crippen LogP contribution in [0.2, 0.25) is 0 Å². The Bertz CT molecular complexity index is 547. The van der Waals surface area contributed by atoms with Crippen molar-refractivity contribution in [2.45, 2.75) is 30.5 Å². The van der Waals surface area contributed by atoms with E-state index in [1.807, 2.05) is 0 Å². The maximum atomic E-state index is 11.2. The minimum absolute atomic E-state index is 0.224. The first-order valence-electron chi connectivity index (χ1n) is 6.22. The molecule has 106 valence electrons. The lowest BCUT2D eigenvalue weighted by molar-refractivity contribution is -0.140. The number of rotatable bonds is 6. The van der Waals surface area contributed by atoms with Gasteiger partial charge >= 0.3 is 5.97 Å². The van der Waals surface area contributed by atoms with Crippen molar-refractivity contribution >= 4 is 5.97 Å². The van der Waals surface area contributed by atoms with Crippen molar-refractivity contribution in [3.05, 3.63) is 45.8 Å². The van der Waals surface area contributed by atoms with Gasteiger partial charge in [-0.1, -0.05) is 29.4 Å². The third-order valence-electron chi connectivity index (χ3n) is 3.66. The molecule has 0 aliphatic heterocycles. The van der Waals surface area contributed by atoms with E-state index in [1.54, 1.807) is 24.3 Å². The smallest absolute Gasteiger partial charge is 0.314 e. The van der Waals surface area contributed by atoms with E-state index in [2.05, 4.69) is 10.0 Å². The Hall–Kier alpha value is -2.08. The summed E-state index contributed by atoms with van der Waals surface area (Å²) >= 11 is 0. The van der Waals surface area contributed by atoms with E-state index < -0.39 is 23.6 Å². The van der Waals surface area contributed by atoms with Crippen LogP contribution in [0.4, 0.5) is 0 Å². The largest absolute Gasteiger partial charge is 0.481 e.